The molecule has 1 rings (SSSR count). The van der Waals surface area contributed by atoms with E-state index in [4.69, 9.17) is 4.74 Å². The molecule has 2 heteroatoms. The van der Waals surface area contributed by atoms with Gasteiger partial charge in [-0.05, 0) is 18.6 Å². The largest absolute Gasteiger partial charge is 0.497 e. The molecule has 0 aliphatic carbocycles. The molecule has 2 nitrogen and oxygen atoms in total. The van der Waals surface area contributed by atoms with Crippen molar-refractivity contribution in [1.82, 2.24) is 0 Å². The van der Waals surface area contributed by atoms with Gasteiger partial charge in [0.15, 0.2) is 5.78 Å². The van der Waals surface area contributed by atoms with E-state index in [0.717, 1.165) is 17.7 Å². The summed E-state index contributed by atoms with van der Waals surface area (Å²) < 4.78 is 5.03. The van der Waals surface area contributed by atoms with E-state index in [9.17, 15) is 4.79 Å². The van der Waals surface area contributed by atoms with Gasteiger partial charge in [0.2, 0.25) is 0 Å². The zero-order chi connectivity index (χ0) is 9.68. The van der Waals surface area contributed by atoms with Crippen molar-refractivity contribution in [1.29, 1.82) is 0 Å². The van der Waals surface area contributed by atoms with E-state index in [1.807, 2.05) is 25.1 Å². The van der Waals surface area contributed by atoms with Gasteiger partial charge in [-0.3, -0.25) is 4.79 Å². The minimum absolute atomic E-state index is 0.182. The molecule has 1 aromatic rings. The average Bonchev–Trinajstić information content (AvgIpc) is 2.18. The molecule has 0 aliphatic heterocycles. The summed E-state index contributed by atoms with van der Waals surface area (Å²) in [4.78, 5) is 11.5. The number of hydrogen-bond acceptors (Lipinski definition) is 2. The number of carbonyl (C=O) groups is 1. The maximum absolute atomic E-state index is 11.5. The van der Waals surface area contributed by atoms with Gasteiger partial charge in [0.05, 0.1) is 7.11 Å². The van der Waals surface area contributed by atoms with E-state index in [1.54, 1.807) is 13.2 Å². The van der Waals surface area contributed by atoms with Crippen LogP contribution in [0.25, 0.3) is 0 Å². The fraction of sp³-hybridized carbons (Fsp3) is 0.364. The van der Waals surface area contributed by atoms with Crippen molar-refractivity contribution in [3.63, 3.8) is 0 Å². The summed E-state index contributed by atoms with van der Waals surface area (Å²) in [5, 5.41) is 0. The molecule has 0 amide bonds. The molecule has 0 heterocycles. The van der Waals surface area contributed by atoms with Crippen LogP contribution >= 0.6 is 0 Å². The number of carbonyl (C=O) groups excluding carboxylic acids is 1. The third kappa shape index (κ3) is 2.58. The Bertz CT molecular complexity index is 292. The number of ether oxygens (including phenoxy) is 1. The highest BCUT2D eigenvalue weighted by Crippen LogP contribution is 2.14. The van der Waals surface area contributed by atoms with Gasteiger partial charge in [0.25, 0.3) is 0 Å². The second-order valence-electron chi connectivity index (χ2n) is 2.91. The Balaban J connectivity index is 2.82. The molecule has 70 valence electrons. The summed E-state index contributed by atoms with van der Waals surface area (Å²) >= 11 is 0. The van der Waals surface area contributed by atoms with Gasteiger partial charge in [0.1, 0.15) is 5.75 Å². The standard InChI is InChI=1S/C11H14O2/c1-3-5-11(12)9-6-4-7-10(8-9)13-2/h4,6-8H,3,5H2,1-2H3. The predicted octanol–water partition coefficient (Wildman–Crippen LogP) is 2.68. The van der Waals surface area contributed by atoms with E-state index in [0.29, 0.717) is 6.42 Å². The molecule has 0 aromatic heterocycles. The van der Waals surface area contributed by atoms with Gasteiger partial charge in [-0.25, -0.2) is 0 Å². The molecule has 0 unspecified atom stereocenters. The molecule has 0 radical (unpaired) electrons. The fourth-order valence-electron chi connectivity index (χ4n) is 1.17. The monoisotopic (exact) mass is 178 g/mol. The fourth-order valence-corrected chi connectivity index (χ4v) is 1.17. The van der Waals surface area contributed by atoms with Crippen LogP contribution in [-0.4, -0.2) is 12.9 Å². The summed E-state index contributed by atoms with van der Waals surface area (Å²) in [6.45, 7) is 2.00. The van der Waals surface area contributed by atoms with E-state index >= 15 is 0 Å². The van der Waals surface area contributed by atoms with Gasteiger partial charge >= 0.3 is 0 Å². The third-order valence-corrected chi connectivity index (χ3v) is 1.87. The number of benzene rings is 1. The molecule has 0 bridgehead atoms. The third-order valence-electron chi connectivity index (χ3n) is 1.87. The van der Waals surface area contributed by atoms with Crippen LogP contribution in [0.3, 0.4) is 0 Å². The normalized spacial score (nSPS) is 9.69. The van der Waals surface area contributed by atoms with Crippen molar-refractivity contribution in [2.45, 2.75) is 19.8 Å². The van der Waals surface area contributed by atoms with Gasteiger partial charge in [-0.1, -0.05) is 19.1 Å². The molecule has 1 aromatic carbocycles. The highest BCUT2D eigenvalue weighted by molar-refractivity contribution is 5.96. The molecule has 0 fully saturated rings. The lowest BCUT2D eigenvalue weighted by molar-refractivity contribution is 0.0981. The second kappa shape index (κ2) is 4.65. The van der Waals surface area contributed by atoms with Crippen LogP contribution in [0.1, 0.15) is 30.1 Å². The van der Waals surface area contributed by atoms with Crippen LogP contribution in [0.4, 0.5) is 0 Å². The Morgan fingerprint density at radius 3 is 2.85 bits per heavy atom. The van der Waals surface area contributed by atoms with Crippen LogP contribution < -0.4 is 4.74 Å². The zero-order valence-corrected chi connectivity index (χ0v) is 8.04. The number of ketones is 1. The van der Waals surface area contributed by atoms with Crippen molar-refractivity contribution in [3.05, 3.63) is 29.8 Å². The first-order chi connectivity index (χ1) is 6.27. The van der Waals surface area contributed by atoms with Crippen LogP contribution in [0.5, 0.6) is 5.75 Å². The Kier molecular flexibility index (Phi) is 3.50. The number of methoxy groups -OCH3 is 1. The highest BCUT2D eigenvalue weighted by Gasteiger charge is 2.04. The van der Waals surface area contributed by atoms with Crippen molar-refractivity contribution in [2.24, 2.45) is 0 Å². The molecule has 0 atom stereocenters. The molecular formula is C11H14O2. The van der Waals surface area contributed by atoms with Gasteiger partial charge in [-0.2, -0.15) is 0 Å². The lowest BCUT2D eigenvalue weighted by Crippen LogP contribution is -1.98. The summed E-state index contributed by atoms with van der Waals surface area (Å²) in [5.74, 6) is 0.920. The summed E-state index contributed by atoms with van der Waals surface area (Å²) in [5.41, 5.74) is 0.737. The second-order valence-corrected chi connectivity index (χ2v) is 2.91. The number of rotatable bonds is 4. The molecular weight excluding hydrogens is 164 g/mol. The topological polar surface area (TPSA) is 26.3 Å². The van der Waals surface area contributed by atoms with Crippen molar-refractivity contribution in [2.75, 3.05) is 7.11 Å². The van der Waals surface area contributed by atoms with E-state index < -0.39 is 0 Å². The molecule has 0 aliphatic rings. The lowest BCUT2D eigenvalue weighted by atomic mass is 10.1. The Morgan fingerprint density at radius 2 is 2.23 bits per heavy atom. The Morgan fingerprint density at radius 1 is 1.46 bits per heavy atom. The quantitative estimate of drug-likeness (QED) is 0.662. The summed E-state index contributed by atoms with van der Waals surface area (Å²) in [6.07, 6.45) is 1.49. The smallest absolute Gasteiger partial charge is 0.162 e. The summed E-state index contributed by atoms with van der Waals surface area (Å²) in [7, 11) is 1.60. The van der Waals surface area contributed by atoms with Crippen LogP contribution in [0, 0.1) is 0 Å². The highest BCUT2D eigenvalue weighted by atomic mass is 16.5. The number of hydrogen-bond donors (Lipinski definition) is 0. The van der Waals surface area contributed by atoms with Crippen molar-refractivity contribution >= 4 is 5.78 Å². The molecule has 13 heavy (non-hydrogen) atoms. The van der Waals surface area contributed by atoms with Crippen LogP contribution in [-0.2, 0) is 0 Å². The maximum atomic E-state index is 11.5. The lowest BCUT2D eigenvalue weighted by Gasteiger charge is -2.02. The van der Waals surface area contributed by atoms with Gasteiger partial charge < -0.3 is 4.74 Å². The maximum Gasteiger partial charge on any atom is 0.162 e. The minimum atomic E-state index is 0.182. The molecule has 0 spiro atoms. The Hall–Kier alpha value is -1.31. The first kappa shape index (κ1) is 9.78. The minimum Gasteiger partial charge on any atom is -0.497 e. The van der Waals surface area contributed by atoms with Crippen LogP contribution in [0.15, 0.2) is 24.3 Å². The van der Waals surface area contributed by atoms with Crippen molar-refractivity contribution in [3.8, 4) is 5.75 Å². The van der Waals surface area contributed by atoms with Gasteiger partial charge in [0, 0.05) is 12.0 Å². The number of Topliss-reactive ketones (excluding diaryl/α,β-unsaturated/α-hetero) is 1. The average molecular weight is 178 g/mol. The predicted molar refractivity (Wildman–Crippen MR) is 52.2 cm³/mol. The Labute approximate surface area is 78.5 Å². The summed E-state index contributed by atoms with van der Waals surface area (Å²) in [6, 6.07) is 7.27. The first-order valence-electron chi connectivity index (χ1n) is 4.45. The van der Waals surface area contributed by atoms with E-state index in [1.165, 1.54) is 0 Å². The van der Waals surface area contributed by atoms with E-state index in [-0.39, 0.29) is 5.78 Å². The molecule has 0 saturated heterocycles. The molecule has 0 saturated carbocycles. The zero-order valence-electron chi connectivity index (χ0n) is 8.04. The SMILES string of the molecule is CCCC(=O)c1cccc(OC)c1. The molecule has 0 N–H and O–H groups in total. The van der Waals surface area contributed by atoms with Gasteiger partial charge in [-0.15, -0.1) is 0 Å². The van der Waals surface area contributed by atoms with Crippen LogP contribution in [0.2, 0.25) is 0 Å². The van der Waals surface area contributed by atoms with E-state index in [2.05, 4.69) is 0 Å². The van der Waals surface area contributed by atoms with Crippen molar-refractivity contribution < 1.29 is 9.53 Å². The first-order valence-corrected chi connectivity index (χ1v) is 4.45.